The fourth-order valence-corrected chi connectivity index (χ4v) is 3.52. The summed E-state index contributed by atoms with van der Waals surface area (Å²) in [5.74, 6) is -1.53. The van der Waals surface area contributed by atoms with Crippen LogP contribution in [0, 0.1) is 5.82 Å². The highest BCUT2D eigenvalue weighted by Crippen LogP contribution is 2.32. The monoisotopic (exact) mass is 474 g/mol. The number of fused-ring (bicyclic) bond motifs is 1. The molecule has 0 aliphatic heterocycles. The van der Waals surface area contributed by atoms with E-state index < -0.39 is 35.1 Å². The van der Waals surface area contributed by atoms with Gasteiger partial charge in [-0.05, 0) is 48.9 Å². The highest BCUT2D eigenvalue weighted by molar-refractivity contribution is 5.92. The van der Waals surface area contributed by atoms with Crippen LogP contribution in [-0.2, 0) is 13.2 Å². The van der Waals surface area contributed by atoms with Crippen LogP contribution in [0.3, 0.4) is 0 Å². The molecule has 2 aromatic carbocycles. The van der Waals surface area contributed by atoms with Crippen LogP contribution >= 0.6 is 0 Å². The number of aryl methyl sites for hydroxylation is 1. The summed E-state index contributed by atoms with van der Waals surface area (Å²) in [7, 11) is 1.54. The van der Waals surface area contributed by atoms with E-state index in [9.17, 15) is 22.8 Å². The third-order valence-electron chi connectivity index (χ3n) is 5.23. The topological polar surface area (TPSA) is 108 Å². The highest BCUT2D eigenvalue weighted by atomic mass is 19.4. The number of benzene rings is 2. The van der Waals surface area contributed by atoms with Crippen molar-refractivity contribution in [2.75, 3.05) is 5.73 Å². The van der Waals surface area contributed by atoms with E-state index in [1.165, 1.54) is 37.0 Å². The number of nitrogens with two attached hydrogens (primary N) is 1. The van der Waals surface area contributed by atoms with Gasteiger partial charge in [0, 0.05) is 24.2 Å². The normalized spacial score (nSPS) is 12.6. The molecule has 12 heteroatoms. The Morgan fingerprint density at radius 1 is 1.15 bits per heavy atom. The zero-order valence-corrected chi connectivity index (χ0v) is 17.9. The van der Waals surface area contributed by atoms with Crippen LogP contribution in [0.15, 0.2) is 53.5 Å². The molecule has 34 heavy (non-hydrogen) atoms. The number of halogens is 4. The number of alkyl halides is 3. The number of carbonyl (C=O) groups is 1. The lowest BCUT2D eigenvalue weighted by Gasteiger charge is -2.17. The van der Waals surface area contributed by atoms with Crippen LogP contribution in [-0.4, -0.2) is 25.5 Å². The van der Waals surface area contributed by atoms with Gasteiger partial charge in [0.1, 0.15) is 16.9 Å². The molecule has 0 aliphatic carbocycles. The zero-order chi connectivity index (χ0) is 24.8. The first kappa shape index (κ1) is 23.0. The van der Waals surface area contributed by atoms with Crippen molar-refractivity contribution in [1.29, 1.82) is 0 Å². The van der Waals surface area contributed by atoms with Crippen molar-refractivity contribution in [2.45, 2.75) is 19.1 Å². The van der Waals surface area contributed by atoms with Gasteiger partial charge in [0.25, 0.3) is 11.5 Å². The van der Waals surface area contributed by atoms with E-state index in [0.717, 1.165) is 28.9 Å². The van der Waals surface area contributed by atoms with E-state index >= 15 is 4.39 Å². The van der Waals surface area contributed by atoms with Gasteiger partial charge in [0.05, 0.1) is 17.8 Å². The van der Waals surface area contributed by atoms with Gasteiger partial charge in [0.15, 0.2) is 5.82 Å². The molecule has 0 fully saturated rings. The number of hydrogen-bond acceptors (Lipinski definition) is 5. The number of anilines is 1. The second kappa shape index (κ2) is 8.28. The molecule has 4 rings (SSSR count). The largest absolute Gasteiger partial charge is 0.416 e. The van der Waals surface area contributed by atoms with Crippen LogP contribution in [0.4, 0.5) is 23.2 Å². The maximum absolute atomic E-state index is 15.1. The average molecular weight is 474 g/mol. The molecule has 0 aliphatic rings. The highest BCUT2D eigenvalue weighted by Gasteiger charge is 2.31. The Kier molecular flexibility index (Phi) is 5.59. The summed E-state index contributed by atoms with van der Waals surface area (Å²) in [5.41, 5.74) is 3.69. The minimum absolute atomic E-state index is 0.112. The molecular formula is C22H18F4N6O2. The molecule has 1 amide bonds. The van der Waals surface area contributed by atoms with Gasteiger partial charge in [-0.1, -0.05) is 0 Å². The van der Waals surface area contributed by atoms with Crippen molar-refractivity contribution in [3.05, 3.63) is 81.7 Å². The van der Waals surface area contributed by atoms with E-state index in [1.807, 2.05) is 0 Å². The summed E-state index contributed by atoms with van der Waals surface area (Å²) >= 11 is 0. The fraction of sp³-hybridized carbons (Fsp3) is 0.182. The summed E-state index contributed by atoms with van der Waals surface area (Å²) < 4.78 is 56.4. The number of nitrogens with one attached hydrogen (secondary N) is 1. The third-order valence-corrected chi connectivity index (χ3v) is 5.23. The Balaban J connectivity index is 1.66. The molecule has 0 saturated heterocycles. The Morgan fingerprint density at radius 2 is 1.88 bits per heavy atom. The van der Waals surface area contributed by atoms with Crippen molar-refractivity contribution in [3.63, 3.8) is 0 Å². The summed E-state index contributed by atoms with van der Waals surface area (Å²) in [6.45, 7) is 1.47. The van der Waals surface area contributed by atoms with Crippen molar-refractivity contribution < 1.29 is 22.4 Å². The summed E-state index contributed by atoms with van der Waals surface area (Å²) in [6.07, 6.45) is -3.14. The second-order valence-corrected chi connectivity index (χ2v) is 7.65. The van der Waals surface area contributed by atoms with Crippen molar-refractivity contribution >= 4 is 22.5 Å². The van der Waals surface area contributed by atoms with Crippen LogP contribution in [0.1, 0.15) is 34.6 Å². The molecule has 0 bridgehead atoms. The molecule has 0 spiro atoms. The molecule has 1 atom stereocenters. The lowest BCUT2D eigenvalue weighted by Crippen LogP contribution is -2.31. The van der Waals surface area contributed by atoms with Crippen LogP contribution in [0.5, 0.6) is 0 Å². The number of aromatic nitrogens is 4. The molecule has 2 heterocycles. The molecule has 3 N–H and O–H groups in total. The molecule has 0 saturated carbocycles. The van der Waals surface area contributed by atoms with Crippen LogP contribution in [0.25, 0.3) is 16.6 Å². The first-order valence-corrected chi connectivity index (χ1v) is 9.95. The Labute approximate surface area is 189 Å². The number of nitrogen functional groups attached to an aromatic ring is 1. The van der Waals surface area contributed by atoms with Crippen LogP contribution < -0.4 is 16.6 Å². The lowest BCUT2D eigenvalue weighted by molar-refractivity contribution is -0.137. The average Bonchev–Trinajstić information content (AvgIpc) is 3.15. The Morgan fingerprint density at radius 3 is 2.59 bits per heavy atom. The molecular weight excluding hydrogens is 456 g/mol. The number of rotatable bonds is 4. The molecule has 4 aromatic rings. The van der Waals surface area contributed by atoms with Crippen LogP contribution in [0.2, 0.25) is 0 Å². The van der Waals surface area contributed by atoms with E-state index in [-0.39, 0.29) is 28.1 Å². The summed E-state index contributed by atoms with van der Waals surface area (Å²) in [6, 6.07) is 7.20. The molecule has 0 radical (unpaired) electrons. The predicted octanol–water partition coefficient (Wildman–Crippen LogP) is 3.35. The smallest absolute Gasteiger partial charge is 0.399 e. The Bertz CT molecular complexity index is 1470. The second-order valence-electron chi connectivity index (χ2n) is 7.65. The van der Waals surface area contributed by atoms with Gasteiger partial charge in [-0.2, -0.15) is 28.1 Å². The van der Waals surface area contributed by atoms with Gasteiger partial charge in [-0.3, -0.25) is 14.3 Å². The standard InChI is InChI=1S/C22H18F4N6O2/c1-11(13-7-14(22(24,25)26)9-15(27)8-13)29-21(34)16-4-6-18(33)32(30-16)17-5-3-12-10-28-31(2)20(12)19(17)23/h3-11H,27H2,1-2H3,(H,29,34)/t11-/m1/s1. The van der Waals surface area contributed by atoms with Gasteiger partial charge < -0.3 is 11.1 Å². The van der Waals surface area contributed by atoms with E-state index in [0.29, 0.717) is 5.39 Å². The fourth-order valence-electron chi connectivity index (χ4n) is 3.52. The molecule has 176 valence electrons. The van der Waals surface area contributed by atoms with Gasteiger partial charge in [-0.15, -0.1) is 0 Å². The number of hydrogen-bond donors (Lipinski definition) is 2. The third kappa shape index (κ3) is 4.21. The predicted molar refractivity (Wildman–Crippen MR) is 116 cm³/mol. The Hall–Kier alpha value is -4.22. The first-order valence-electron chi connectivity index (χ1n) is 9.95. The van der Waals surface area contributed by atoms with E-state index in [4.69, 9.17) is 5.73 Å². The van der Waals surface area contributed by atoms with E-state index in [2.05, 4.69) is 15.5 Å². The molecule has 2 aromatic heterocycles. The quantitative estimate of drug-likeness (QED) is 0.349. The maximum Gasteiger partial charge on any atom is 0.416 e. The molecule has 0 unspecified atom stereocenters. The number of carbonyl (C=O) groups excluding carboxylic acids is 1. The van der Waals surface area contributed by atoms with Crippen molar-refractivity contribution in [3.8, 4) is 5.69 Å². The van der Waals surface area contributed by atoms with Gasteiger partial charge in [-0.25, -0.2) is 4.39 Å². The molecule has 8 nitrogen and oxygen atoms in total. The lowest BCUT2D eigenvalue weighted by atomic mass is 10.0. The summed E-state index contributed by atoms with van der Waals surface area (Å²) in [5, 5.41) is 11.0. The maximum atomic E-state index is 15.1. The SMILES string of the molecule is C[C@@H](NC(=O)c1ccc(=O)n(-c2ccc3cnn(C)c3c2F)n1)c1cc(N)cc(C(F)(F)F)c1. The number of nitrogens with zero attached hydrogens (tertiary/aromatic N) is 4. The minimum atomic E-state index is -4.61. The summed E-state index contributed by atoms with van der Waals surface area (Å²) in [4.78, 5) is 25.1. The van der Waals surface area contributed by atoms with Gasteiger partial charge in [0.2, 0.25) is 0 Å². The van der Waals surface area contributed by atoms with E-state index in [1.54, 1.807) is 6.07 Å². The first-order chi connectivity index (χ1) is 16.0. The number of amides is 1. The zero-order valence-electron chi connectivity index (χ0n) is 17.9. The van der Waals surface area contributed by atoms with Gasteiger partial charge >= 0.3 is 6.18 Å². The van der Waals surface area contributed by atoms with Crippen molar-refractivity contribution in [1.82, 2.24) is 24.9 Å². The van der Waals surface area contributed by atoms with Crippen molar-refractivity contribution in [2.24, 2.45) is 7.05 Å². The minimum Gasteiger partial charge on any atom is -0.399 e.